The predicted octanol–water partition coefficient (Wildman–Crippen LogP) is 1.15. The molecule has 3 N–H and O–H groups in total. The fourth-order valence-electron chi connectivity index (χ4n) is 2.21. The number of hydrogen-bond donors (Lipinski definition) is 2. The topological polar surface area (TPSA) is 55.5 Å². The summed E-state index contributed by atoms with van der Waals surface area (Å²) >= 11 is 0. The molecule has 0 aliphatic heterocycles. The summed E-state index contributed by atoms with van der Waals surface area (Å²) in [7, 11) is 0. The summed E-state index contributed by atoms with van der Waals surface area (Å²) in [5.74, 6) is 0.195. The molecule has 2 unspecified atom stereocenters. The maximum Gasteiger partial charge on any atom is 0.261 e. The van der Waals surface area contributed by atoms with Gasteiger partial charge in [-0.05, 0) is 25.2 Å². The molecule has 90 valence electrons. The molecule has 0 heterocycles. The molecule has 0 amide bonds. The normalized spacial score (nSPS) is 31.4. The molecular weight excluding hydrogens is 204 g/mol. The molecule has 0 saturated heterocycles. The average Bonchev–Trinajstić information content (AvgIpc) is 2.56. The second kappa shape index (κ2) is 5.72. The summed E-state index contributed by atoms with van der Waals surface area (Å²) in [6.45, 7) is -0.246. The van der Waals surface area contributed by atoms with E-state index in [-0.39, 0.29) is 12.5 Å². The number of hydrogen-bond acceptors (Lipinski definition) is 3. The van der Waals surface area contributed by atoms with Crippen LogP contribution in [0.4, 0.5) is 8.78 Å². The van der Waals surface area contributed by atoms with Crippen molar-refractivity contribution in [2.24, 2.45) is 11.7 Å². The summed E-state index contributed by atoms with van der Waals surface area (Å²) in [5.41, 5.74) is 5.47. The molecule has 1 fully saturated rings. The smallest absolute Gasteiger partial charge is 0.261 e. The van der Waals surface area contributed by atoms with Gasteiger partial charge in [-0.25, -0.2) is 8.78 Å². The first-order valence-corrected chi connectivity index (χ1v) is 5.34. The average molecular weight is 223 g/mol. The van der Waals surface area contributed by atoms with Gasteiger partial charge in [-0.2, -0.15) is 0 Å². The van der Waals surface area contributed by atoms with Crippen molar-refractivity contribution >= 4 is 0 Å². The molecule has 2 atom stereocenters. The molecule has 15 heavy (non-hydrogen) atoms. The Balaban J connectivity index is 2.20. The third kappa shape index (κ3) is 3.66. The predicted molar refractivity (Wildman–Crippen MR) is 52.8 cm³/mol. The van der Waals surface area contributed by atoms with E-state index in [1.165, 1.54) is 0 Å². The summed E-state index contributed by atoms with van der Waals surface area (Å²) in [6, 6.07) is 0. The lowest BCUT2D eigenvalue weighted by Gasteiger charge is -2.29. The van der Waals surface area contributed by atoms with Crippen molar-refractivity contribution in [3.63, 3.8) is 0 Å². The largest absolute Gasteiger partial charge is 0.394 e. The molecule has 1 aliphatic rings. The number of halogens is 2. The highest BCUT2D eigenvalue weighted by Gasteiger charge is 2.38. The number of alkyl halides is 2. The van der Waals surface area contributed by atoms with Gasteiger partial charge < -0.3 is 15.6 Å². The second-order valence-corrected chi connectivity index (χ2v) is 4.24. The monoisotopic (exact) mass is 223 g/mol. The minimum Gasteiger partial charge on any atom is -0.394 e. The van der Waals surface area contributed by atoms with Crippen molar-refractivity contribution in [3.05, 3.63) is 0 Å². The first-order chi connectivity index (χ1) is 7.08. The SMILES string of the molecule is NC1(CO)CCCC1CCOCC(F)F. The van der Waals surface area contributed by atoms with Crippen molar-refractivity contribution in [2.45, 2.75) is 37.6 Å². The van der Waals surface area contributed by atoms with Crippen LogP contribution in [0.2, 0.25) is 0 Å². The summed E-state index contributed by atoms with van der Waals surface area (Å²) in [6.07, 6.45) is 1.01. The number of aliphatic hydroxyl groups excluding tert-OH is 1. The first kappa shape index (κ1) is 12.8. The van der Waals surface area contributed by atoms with E-state index in [0.717, 1.165) is 19.3 Å². The Labute approximate surface area is 88.6 Å². The van der Waals surface area contributed by atoms with Gasteiger partial charge in [0.2, 0.25) is 0 Å². The zero-order valence-electron chi connectivity index (χ0n) is 8.79. The number of nitrogens with two attached hydrogens (primary N) is 1. The van der Waals surface area contributed by atoms with Crippen LogP contribution < -0.4 is 5.73 Å². The van der Waals surface area contributed by atoms with E-state index in [4.69, 9.17) is 15.6 Å². The van der Waals surface area contributed by atoms with Gasteiger partial charge in [-0.1, -0.05) is 6.42 Å². The highest BCUT2D eigenvalue weighted by atomic mass is 19.3. The third-order valence-corrected chi connectivity index (χ3v) is 3.16. The minimum atomic E-state index is -2.41. The van der Waals surface area contributed by atoms with E-state index >= 15 is 0 Å². The Bertz CT molecular complexity index is 192. The molecular formula is C10H19F2NO2. The van der Waals surface area contributed by atoms with Gasteiger partial charge >= 0.3 is 0 Å². The molecule has 0 aromatic heterocycles. The van der Waals surface area contributed by atoms with Crippen molar-refractivity contribution in [3.8, 4) is 0 Å². The van der Waals surface area contributed by atoms with Gasteiger partial charge in [0.15, 0.2) is 0 Å². The van der Waals surface area contributed by atoms with Crippen molar-refractivity contribution in [2.75, 3.05) is 19.8 Å². The zero-order valence-corrected chi connectivity index (χ0v) is 8.79. The second-order valence-electron chi connectivity index (χ2n) is 4.24. The minimum absolute atomic E-state index is 0.0352. The summed E-state index contributed by atoms with van der Waals surface area (Å²) in [4.78, 5) is 0. The van der Waals surface area contributed by atoms with Gasteiger partial charge in [-0.15, -0.1) is 0 Å². The van der Waals surface area contributed by atoms with Gasteiger partial charge in [0.05, 0.1) is 6.61 Å². The molecule has 0 aromatic carbocycles. The maximum atomic E-state index is 11.8. The van der Waals surface area contributed by atoms with Crippen LogP contribution in [0.3, 0.4) is 0 Å². The van der Waals surface area contributed by atoms with Crippen LogP contribution in [0.1, 0.15) is 25.7 Å². The van der Waals surface area contributed by atoms with E-state index in [1.54, 1.807) is 0 Å². The van der Waals surface area contributed by atoms with E-state index in [2.05, 4.69) is 0 Å². The highest BCUT2D eigenvalue weighted by Crippen LogP contribution is 2.35. The number of aliphatic hydroxyl groups is 1. The lowest BCUT2D eigenvalue weighted by atomic mass is 9.87. The highest BCUT2D eigenvalue weighted by molar-refractivity contribution is 4.95. The van der Waals surface area contributed by atoms with Gasteiger partial charge in [-0.3, -0.25) is 0 Å². The van der Waals surface area contributed by atoms with Crippen LogP contribution in [0.15, 0.2) is 0 Å². The Kier molecular flexibility index (Phi) is 4.89. The van der Waals surface area contributed by atoms with Gasteiger partial charge in [0.1, 0.15) is 6.61 Å². The third-order valence-electron chi connectivity index (χ3n) is 3.16. The molecule has 1 aliphatic carbocycles. The number of rotatable bonds is 6. The molecule has 0 bridgehead atoms. The van der Waals surface area contributed by atoms with Crippen molar-refractivity contribution in [1.82, 2.24) is 0 Å². The van der Waals surface area contributed by atoms with Crippen molar-refractivity contribution in [1.29, 1.82) is 0 Å². The van der Waals surface area contributed by atoms with E-state index in [0.29, 0.717) is 13.0 Å². The van der Waals surface area contributed by atoms with Crippen LogP contribution in [0, 0.1) is 5.92 Å². The Morgan fingerprint density at radius 2 is 2.27 bits per heavy atom. The lowest BCUT2D eigenvalue weighted by molar-refractivity contribution is 0.00903. The Morgan fingerprint density at radius 3 is 2.87 bits per heavy atom. The van der Waals surface area contributed by atoms with Crippen LogP contribution >= 0.6 is 0 Å². The molecule has 0 radical (unpaired) electrons. The lowest BCUT2D eigenvalue weighted by Crippen LogP contribution is -2.47. The van der Waals surface area contributed by atoms with E-state index in [9.17, 15) is 8.78 Å². The van der Waals surface area contributed by atoms with Crippen molar-refractivity contribution < 1.29 is 18.6 Å². The zero-order chi connectivity index (χ0) is 11.3. The van der Waals surface area contributed by atoms with Gasteiger partial charge in [0.25, 0.3) is 6.43 Å². The summed E-state index contributed by atoms with van der Waals surface area (Å²) < 4.78 is 28.3. The molecule has 3 nitrogen and oxygen atoms in total. The van der Waals surface area contributed by atoms with E-state index < -0.39 is 18.6 Å². The standard InChI is InChI=1S/C10H19F2NO2/c11-9(12)6-15-5-3-8-2-1-4-10(8,13)7-14/h8-9,14H,1-7,13H2. The van der Waals surface area contributed by atoms with Gasteiger partial charge in [0, 0.05) is 12.1 Å². The Hall–Kier alpha value is -0.260. The Morgan fingerprint density at radius 1 is 1.53 bits per heavy atom. The number of ether oxygens (including phenoxy) is 1. The van der Waals surface area contributed by atoms with Crippen LogP contribution in [0.5, 0.6) is 0 Å². The molecule has 1 saturated carbocycles. The molecule has 5 heteroatoms. The van der Waals surface area contributed by atoms with E-state index in [1.807, 2.05) is 0 Å². The quantitative estimate of drug-likeness (QED) is 0.664. The molecule has 0 aromatic rings. The first-order valence-electron chi connectivity index (χ1n) is 5.34. The summed E-state index contributed by atoms with van der Waals surface area (Å²) in [5, 5.41) is 9.15. The fourth-order valence-corrected chi connectivity index (χ4v) is 2.21. The molecule has 1 rings (SSSR count). The molecule has 0 spiro atoms. The maximum absolute atomic E-state index is 11.8. The fraction of sp³-hybridized carbons (Fsp3) is 1.00. The van der Waals surface area contributed by atoms with Crippen LogP contribution in [-0.4, -0.2) is 36.9 Å². The van der Waals surface area contributed by atoms with Crippen LogP contribution in [0.25, 0.3) is 0 Å². The van der Waals surface area contributed by atoms with Crippen LogP contribution in [-0.2, 0) is 4.74 Å².